The van der Waals surface area contributed by atoms with Crippen LogP contribution in [0.25, 0.3) is 11.3 Å². The first-order valence-electron chi connectivity index (χ1n) is 9.26. The molecule has 2 atom stereocenters. The van der Waals surface area contributed by atoms with Gasteiger partial charge in [0.2, 0.25) is 0 Å². The van der Waals surface area contributed by atoms with Crippen molar-refractivity contribution in [2.75, 3.05) is 12.3 Å². The highest BCUT2D eigenvalue weighted by Crippen LogP contribution is 2.31. The number of aromatic hydroxyl groups is 1. The van der Waals surface area contributed by atoms with E-state index in [1.54, 1.807) is 12.1 Å². The number of hydrogen-bond acceptors (Lipinski definition) is 6. The zero-order chi connectivity index (χ0) is 21.9. The second-order valence-electron chi connectivity index (χ2n) is 7.05. The molecule has 1 aromatic heterocycles. The lowest BCUT2D eigenvalue weighted by atomic mass is 10.0. The van der Waals surface area contributed by atoms with Crippen molar-refractivity contribution < 1.29 is 27.8 Å². The summed E-state index contributed by atoms with van der Waals surface area (Å²) in [4.78, 5) is 3.61. The van der Waals surface area contributed by atoms with Crippen LogP contribution in [0.4, 0.5) is 19.2 Å². The molecule has 0 aliphatic carbocycles. The minimum atomic E-state index is -4.45. The Morgan fingerprint density at radius 3 is 2.47 bits per heavy atom. The van der Waals surface area contributed by atoms with Crippen molar-refractivity contribution in [3.8, 4) is 17.2 Å². The molecular formula is C21H22F3N3O3. The molecule has 30 heavy (non-hydrogen) atoms. The molecule has 3 aromatic rings. The fraction of sp³-hybridized carbons (Fsp3) is 0.286. The van der Waals surface area contributed by atoms with Crippen molar-refractivity contribution in [3.63, 3.8) is 0 Å². The Morgan fingerprint density at radius 1 is 1.17 bits per heavy atom. The Labute approximate surface area is 171 Å². The van der Waals surface area contributed by atoms with Crippen LogP contribution in [0.2, 0.25) is 0 Å². The van der Waals surface area contributed by atoms with Crippen LogP contribution >= 0.6 is 0 Å². The summed E-state index contributed by atoms with van der Waals surface area (Å²) in [5.74, 6) is -0.0895. The third-order valence-electron chi connectivity index (χ3n) is 4.64. The Hall–Kier alpha value is -3.04. The average molecular weight is 421 g/mol. The average Bonchev–Trinajstić information content (AvgIpc) is 3.04. The number of rotatable bonds is 7. The molecule has 0 saturated carbocycles. The van der Waals surface area contributed by atoms with Crippen LogP contribution in [0.15, 0.2) is 52.9 Å². The predicted octanol–water partition coefficient (Wildman–Crippen LogP) is 3.90. The van der Waals surface area contributed by atoms with E-state index in [0.717, 1.165) is 17.7 Å². The van der Waals surface area contributed by atoms with E-state index in [4.69, 9.17) is 10.2 Å². The summed E-state index contributed by atoms with van der Waals surface area (Å²) in [7, 11) is 0. The van der Waals surface area contributed by atoms with Crippen molar-refractivity contribution in [1.29, 1.82) is 0 Å². The lowest BCUT2D eigenvalue weighted by Crippen LogP contribution is -2.32. The molecule has 1 heterocycles. The lowest BCUT2D eigenvalue weighted by molar-refractivity contribution is -0.137. The monoisotopic (exact) mass is 421 g/mol. The minimum absolute atomic E-state index is 0.0365. The summed E-state index contributed by atoms with van der Waals surface area (Å²) in [6.07, 6.45) is -4.88. The van der Waals surface area contributed by atoms with E-state index >= 15 is 0 Å². The summed E-state index contributed by atoms with van der Waals surface area (Å²) >= 11 is 0. The number of anilines is 1. The maximum atomic E-state index is 12.8. The standard InChI is InChI=1S/C21H22F3N3O3/c1-12(26-11-17(28)15-3-2-4-16(10-15)21(22,23)24)9-13-5-7-14(8-6-13)18-19(29)27-20(25)30-18/h2-8,10,12,17,26,28-29H,9,11H2,1H3,(H2,25,27). The van der Waals surface area contributed by atoms with Crippen LogP contribution in [0.3, 0.4) is 0 Å². The Kier molecular flexibility index (Phi) is 6.33. The number of oxazole rings is 1. The number of nitrogens with two attached hydrogens (primary N) is 1. The van der Waals surface area contributed by atoms with Gasteiger partial charge in [0, 0.05) is 18.2 Å². The third-order valence-corrected chi connectivity index (χ3v) is 4.64. The number of aromatic nitrogens is 1. The fourth-order valence-electron chi connectivity index (χ4n) is 3.09. The van der Waals surface area contributed by atoms with Gasteiger partial charge >= 0.3 is 6.18 Å². The Balaban J connectivity index is 1.56. The zero-order valence-corrected chi connectivity index (χ0v) is 16.1. The first-order valence-corrected chi connectivity index (χ1v) is 9.26. The number of hydrogen-bond donors (Lipinski definition) is 4. The smallest absolute Gasteiger partial charge is 0.416 e. The molecule has 6 nitrogen and oxygen atoms in total. The molecule has 0 fully saturated rings. The van der Waals surface area contributed by atoms with Crippen LogP contribution in [0.5, 0.6) is 5.88 Å². The molecule has 0 saturated heterocycles. The van der Waals surface area contributed by atoms with E-state index in [2.05, 4.69) is 10.3 Å². The largest absolute Gasteiger partial charge is 0.490 e. The highest BCUT2D eigenvalue weighted by atomic mass is 19.4. The highest BCUT2D eigenvalue weighted by Gasteiger charge is 2.30. The molecule has 0 amide bonds. The predicted molar refractivity (Wildman–Crippen MR) is 106 cm³/mol. The van der Waals surface area contributed by atoms with Crippen LogP contribution in [-0.2, 0) is 12.6 Å². The summed E-state index contributed by atoms with van der Waals surface area (Å²) in [5.41, 5.74) is 6.45. The molecule has 0 bridgehead atoms. The summed E-state index contributed by atoms with van der Waals surface area (Å²) in [5, 5.41) is 23.1. The van der Waals surface area contributed by atoms with E-state index in [0.29, 0.717) is 12.0 Å². The molecule has 2 unspecified atom stereocenters. The fourth-order valence-corrected chi connectivity index (χ4v) is 3.09. The topological polar surface area (TPSA) is 105 Å². The van der Waals surface area contributed by atoms with Gasteiger partial charge in [-0.3, -0.25) is 0 Å². The van der Waals surface area contributed by atoms with Gasteiger partial charge in [-0.1, -0.05) is 36.4 Å². The van der Waals surface area contributed by atoms with Gasteiger partial charge in [0.1, 0.15) is 0 Å². The first-order chi connectivity index (χ1) is 14.1. The number of aliphatic hydroxyl groups excluding tert-OH is 1. The molecule has 0 spiro atoms. The van der Waals surface area contributed by atoms with E-state index in [1.807, 2.05) is 19.1 Å². The van der Waals surface area contributed by atoms with Crippen LogP contribution in [0.1, 0.15) is 29.7 Å². The van der Waals surface area contributed by atoms with Gasteiger partial charge in [-0.2, -0.15) is 18.2 Å². The number of nitrogens with one attached hydrogen (secondary N) is 1. The second kappa shape index (κ2) is 8.76. The maximum absolute atomic E-state index is 12.8. The van der Waals surface area contributed by atoms with Gasteiger partial charge in [-0.25, -0.2) is 0 Å². The molecule has 5 N–H and O–H groups in total. The van der Waals surface area contributed by atoms with Crippen LogP contribution in [-0.4, -0.2) is 27.8 Å². The number of aliphatic hydroxyl groups is 1. The summed E-state index contributed by atoms with van der Waals surface area (Å²) < 4.78 is 43.6. The number of nitrogen functional groups attached to an aromatic ring is 1. The quantitative estimate of drug-likeness (QED) is 0.461. The molecular weight excluding hydrogens is 399 g/mol. The van der Waals surface area contributed by atoms with E-state index in [1.165, 1.54) is 12.1 Å². The second-order valence-corrected chi connectivity index (χ2v) is 7.05. The van der Waals surface area contributed by atoms with Crippen molar-refractivity contribution in [2.24, 2.45) is 0 Å². The Bertz CT molecular complexity index is 987. The van der Waals surface area contributed by atoms with E-state index in [-0.39, 0.29) is 35.8 Å². The van der Waals surface area contributed by atoms with Crippen LogP contribution in [0, 0.1) is 0 Å². The number of benzene rings is 2. The molecule has 2 aromatic carbocycles. The van der Waals surface area contributed by atoms with E-state index in [9.17, 15) is 23.4 Å². The Morgan fingerprint density at radius 2 is 1.87 bits per heavy atom. The zero-order valence-electron chi connectivity index (χ0n) is 16.1. The number of nitrogens with zero attached hydrogens (tertiary/aromatic N) is 1. The third kappa shape index (κ3) is 5.31. The lowest BCUT2D eigenvalue weighted by Gasteiger charge is -2.18. The number of halogens is 3. The molecule has 0 radical (unpaired) electrons. The summed E-state index contributed by atoms with van der Waals surface area (Å²) in [6, 6.07) is 11.8. The molecule has 160 valence electrons. The van der Waals surface area contributed by atoms with Gasteiger partial charge in [0.05, 0.1) is 11.7 Å². The molecule has 9 heteroatoms. The highest BCUT2D eigenvalue weighted by molar-refractivity contribution is 5.63. The summed E-state index contributed by atoms with van der Waals surface area (Å²) in [6.45, 7) is 2.03. The van der Waals surface area contributed by atoms with Crippen molar-refractivity contribution in [1.82, 2.24) is 10.3 Å². The van der Waals surface area contributed by atoms with Crippen molar-refractivity contribution in [2.45, 2.75) is 31.7 Å². The van der Waals surface area contributed by atoms with Gasteiger partial charge < -0.3 is 25.7 Å². The van der Waals surface area contributed by atoms with Gasteiger partial charge in [0.15, 0.2) is 5.76 Å². The van der Waals surface area contributed by atoms with Gasteiger partial charge in [0.25, 0.3) is 11.9 Å². The van der Waals surface area contributed by atoms with Crippen molar-refractivity contribution in [3.05, 3.63) is 65.2 Å². The number of alkyl halides is 3. The first kappa shape index (κ1) is 21.7. The SMILES string of the molecule is CC(Cc1ccc(-c2oc(N)nc2O)cc1)NCC(O)c1cccc(C(F)(F)F)c1. The molecule has 3 rings (SSSR count). The van der Waals surface area contributed by atoms with Crippen LogP contribution < -0.4 is 11.1 Å². The molecule has 0 aliphatic heterocycles. The van der Waals surface area contributed by atoms with Gasteiger partial charge in [-0.05, 0) is 36.6 Å². The molecule has 0 aliphatic rings. The van der Waals surface area contributed by atoms with Crippen molar-refractivity contribution >= 4 is 6.01 Å². The van der Waals surface area contributed by atoms with E-state index < -0.39 is 17.8 Å². The van der Waals surface area contributed by atoms with Gasteiger partial charge in [-0.15, -0.1) is 0 Å². The normalized spacial score (nSPS) is 13.9. The minimum Gasteiger partial charge on any atom is -0.490 e. The maximum Gasteiger partial charge on any atom is 0.416 e.